The van der Waals surface area contributed by atoms with E-state index in [0.717, 1.165) is 22.3 Å². The number of aryl methyl sites for hydroxylation is 1. The smallest absolute Gasteiger partial charge is 0.243 e. The third-order valence-corrected chi connectivity index (χ3v) is 3.22. The molecule has 0 unspecified atom stereocenters. The molecule has 1 heterocycles. The highest BCUT2D eigenvalue weighted by Crippen LogP contribution is 2.22. The van der Waals surface area contributed by atoms with Crippen LogP contribution in [0, 0.1) is 12.8 Å². The minimum atomic E-state index is -0.0498. The van der Waals surface area contributed by atoms with E-state index >= 15 is 0 Å². The molecule has 1 aromatic carbocycles. The lowest BCUT2D eigenvalue weighted by Crippen LogP contribution is -2.27. The van der Waals surface area contributed by atoms with Crippen LogP contribution in [0.5, 0.6) is 0 Å². The number of allylic oxidation sites excluding steroid dienone is 1. The third-order valence-electron chi connectivity index (χ3n) is 3.22. The Morgan fingerprint density at radius 3 is 2.82 bits per heavy atom. The average molecular weight is 297 g/mol. The number of amides is 1. The maximum atomic E-state index is 11.6. The minimum Gasteiger partial charge on any atom is -0.383 e. The van der Waals surface area contributed by atoms with Gasteiger partial charge in [-0.15, -0.1) is 0 Å². The Kier molecular flexibility index (Phi) is 5.53. The molecule has 1 aromatic heterocycles. The number of nitrogens with one attached hydrogen (secondary N) is 2. The van der Waals surface area contributed by atoms with Crippen LogP contribution < -0.4 is 10.6 Å². The van der Waals surface area contributed by atoms with E-state index in [1.54, 1.807) is 6.08 Å². The van der Waals surface area contributed by atoms with Crippen LogP contribution in [0.2, 0.25) is 0 Å². The lowest BCUT2D eigenvalue weighted by atomic mass is 10.1. The van der Waals surface area contributed by atoms with Crippen LogP contribution in [0.15, 0.2) is 42.5 Å². The van der Waals surface area contributed by atoms with Crippen LogP contribution in [0.3, 0.4) is 0 Å². The molecule has 1 amide bonds. The Balaban J connectivity index is 1.91. The number of rotatable bonds is 6. The van der Waals surface area contributed by atoms with Crippen LogP contribution in [-0.4, -0.2) is 24.0 Å². The second-order valence-corrected chi connectivity index (χ2v) is 5.65. The second-order valence-electron chi connectivity index (χ2n) is 5.65. The molecule has 0 saturated carbocycles. The van der Waals surface area contributed by atoms with E-state index in [4.69, 9.17) is 0 Å². The molecule has 0 saturated heterocycles. The van der Waals surface area contributed by atoms with Crippen molar-refractivity contribution in [2.75, 3.05) is 18.4 Å². The van der Waals surface area contributed by atoms with Gasteiger partial charge in [0.1, 0.15) is 0 Å². The molecule has 22 heavy (non-hydrogen) atoms. The Labute approximate surface area is 131 Å². The van der Waals surface area contributed by atoms with Gasteiger partial charge in [-0.1, -0.05) is 38.1 Å². The minimum absolute atomic E-state index is 0.0498. The van der Waals surface area contributed by atoms with Crippen LogP contribution >= 0.6 is 0 Å². The van der Waals surface area contributed by atoms with Gasteiger partial charge in [0.05, 0.1) is 5.52 Å². The highest BCUT2D eigenvalue weighted by Gasteiger charge is 2.03. The lowest BCUT2D eigenvalue weighted by molar-refractivity contribution is -0.116. The summed E-state index contributed by atoms with van der Waals surface area (Å²) in [5, 5.41) is 7.33. The van der Waals surface area contributed by atoms with E-state index in [1.807, 2.05) is 57.2 Å². The summed E-state index contributed by atoms with van der Waals surface area (Å²) in [6.07, 6.45) is 3.49. The Bertz CT molecular complexity index is 677. The fourth-order valence-corrected chi connectivity index (χ4v) is 2.18. The number of hydrogen-bond acceptors (Lipinski definition) is 3. The first kappa shape index (κ1) is 16.0. The zero-order valence-electron chi connectivity index (χ0n) is 13.4. The number of fused-ring (bicyclic) bond motifs is 1. The summed E-state index contributed by atoms with van der Waals surface area (Å²) >= 11 is 0. The maximum absolute atomic E-state index is 11.6. The van der Waals surface area contributed by atoms with Crippen molar-refractivity contribution in [1.82, 2.24) is 10.3 Å². The van der Waals surface area contributed by atoms with Crippen LogP contribution in [0.25, 0.3) is 10.9 Å². The standard InChI is InChI=1S/C18H23N3O/c1-13(2)8-9-18(22)20-11-10-19-17-12-14(3)21-16-7-5-4-6-15(16)17/h4-9,12-13H,10-11H2,1-3H3,(H,19,21)(H,20,22). The summed E-state index contributed by atoms with van der Waals surface area (Å²) in [4.78, 5) is 16.1. The fourth-order valence-electron chi connectivity index (χ4n) is 2.18. The average Bonchev–Trinajstić information content (AvgIpc) is 2.49. The molecule has 4 nitrogen and oxygen atoms in total. The first-order valence-electron chi connectivity index (χ1n) is 7.62. The van der Waals surface area contributed by atoms with Gasteiger partial charge in [0.25, 0.3) is 0 Å². The predicted molar refractivity (Wildman–Crippen MR) is 92.0 cm³/mol. The number of para-hydroxylation sites is 1. The topological polar surface area (TPSA) is 54.0 Å². The van der Waals surface area contributed by atoms with Crippen molar-refractivity contribution in [1.29, 1.82) is 0 Å². The summed E-state index contributed by atoms with van der Waals surface area (Å²) < 4.78 is 0. The number of carbonyl (C=O) groups is 1. The maximum Gasteiger partial charge on any atom is 0.243 e. The molecule has 0 bridgehead atoms. The molecule has 4 heteroatoms. The molecule has 0 radical (unpaired) electrons. The number of anilines is 1. The molecule has 0 aliphatic carbocycles. The molecule has 116 valence electrons. The monoisotopic (exact) mass is 297 g/mol. The van der Waals surface area contributed by atoms with Gasteiger partial charge in [0, 0.05) is 29.9 Å². The molecular formula is C18H23N3O. The Morgan fingerprint density at radius 1 is 1.27 bits per heavy atom. The lowest BCUT2D eigenvalue weighted by Gasteiger charge is -2.11. The van der Waals surface area contributed by atoms with E-state index in [2.05, 4.69) is 15.6 Å². The zero-order chi connectivity index (χ0) is 15.9. The molecule has 0 fully saturated rings. The van der Waals surface area contributed by atoms with Crippen molar-refractivity contribution < 1.29 is 4.79 Å². The number of nitrogens with zero attached hydrogens (tertiary/aromatic N) is 1. The zero-order valence-corrected chi connectivity index (χ0v) is 13.4. The summed E-state index contributed by atoms with van der Waals surface area (Å²) in [5.41, 5.74) is 3.01. The van der Waals surface area contributed by atoms with Gasteiger partial charge in [-0.25, -0.2) is 0 Å². The first-order chi connectivity index (χ1) is 10.6. The van der Waals surface area contributed by atoms with Gasteiger partial charge >= 0.3 is 0 Å². The Hall–Kier alpha value is -2.36. The first-order valence-corrected chi connectivity index (χ1v) is 7.62. The third kappa shape index (κ3) is 4.58. The van der Waals surface area contributed by atoms with Gasteiger partial charge in [0.15, 0.2) is 0 Å². The molecule has 2 N–H and O–H groups in total. The van der Waals surface area contributed by atoms with Crippen LogP contribution in [0.1, 0.15) is 19.5 Å². The predicted octanol–water partition coefficient (Wildman–Crippen LogP) is 3.28. The Morgan fingerprint density at radius 2 is 2.05 bits per heavy atom. The summed E-state index contributed by atoms with van der Waals surface area (Å²) in [6, 6.07) is 10.1. The van der Waals surface area contributed by atoms with Gasteiger partial charge in [-0.3, -0.25) is 9.78 Å². The molecule has 0 atom stereocenters. The fraction of sp³-hybridized carbons (Fsp3) is 0.333. The molecule has 0 spiro atoms. The summed E-state index contributed by atoms with van der Waals surface area (Å²) in [6.45, 7) is 7.33. The van der Waals surface area contributed by atoms with Crippen molar-refractivity contribution in [3.63, 3.8) is 0 Å². The van der Waals surface area contributed by atoms with Crippen molar-refractivity contribution in [3.8, 4) is 0 Å². The van der Waals surface area contributed by atoms with Crippen molar-refractivity contribution in [2.45, 2.75) is 20.8 Å². The van der Waals surface area contributed by atoms with Gasteiger partial charge < -0.3 is 10.6 Å². The van der Waals surface area contributed by atoms with E-state index in [9.17, 15) is 4.79 Å². The molecule has 0 aliphatic heterocycles. The van der Waals surface area contributed by atoms with E-state index in [0.29, 0.717) is 19.0 Å². The number of benzene rings is 1. The second kappa shape index (κ2) is 7.59. The van der Waals surface area contributed by atoms with Gasteiger partial charge in [-0.2, -0.15) is 0 Å². The number of pyridine rings is 1. The molecule has 2 rings (SSSR count). The van der Waals surface area contributed by atoms with Crippen molar-refractivity contribution in [2.24, 2.45) is 5.92 Å². The van der Waals surface area contributed by atoms with E-state index in [1.165, 1.54) is 0 Å². The number of carbonyl (C=O) groups excluding carboxylic acids is 1. The SMILES string of the molecule is Cc1cc(NCCNC(=O)C=CC(C)C)c2ccccc2n1. The van der Waals surface area contributed by atoms with Gasteiger partial charge in [0.2, 0.25) is 5.91 Å². The molecule has 2 aromatic rings. The molecular weight excluding hydrogens is 274 g/mol. The highest BCUT2D eigenvalue weighted by molar-refractivity contribution is 5.91. The van der Waals surface area contributed by atoms with Crippen LogP contribution in [-0.2, 0) is 4.79 Å². The van der Waals surface area contributed by atoms with Crippen molar-refractivity contribution >= 4 is 22.5 Å². The highest BCUT2D eigenvalue weighted by atomic mass is 16.1. The summed E-state index contributed by atoms with van der Waals surface area (Å²) in [7, 11) is 0. The molecule has 0 aliphatic rings. The largest absolute Gasteiger partial charge is 0.383 e. The normalized spacial score (nSPS) is 11.3. The summed E-state index contributed by atoms with van der Waals surface area (Å²) in [5.74, 6) is 0.335. The number of hydrogen-bond donors (Lipinski definition) is 2. The van der Waals surface area contributed by atoms with E-state index in [-0.39, 0.29) is 5.91 Å². The van der Waals surface area contributed by atoms with Crippen LogP contribution in [0.4, 0.5) is 5.69 Å². The van der Waals surface area contributed by atoms with Crippen molar-refractivity contribution in [3.05, 3.63) is 48.2 Å². The quantitative estimate of drug-likeness (QED) is 0.635. The number of aromatic nitrogens is 1. The van der Waals surface area contributed by atoms with Gasteiger partial charge in [-0.05, 0) is 31.1 Å². The van der Waals surface area contributed by atoms with E-state index < -0.39 is 0 Å².